The van der Waals surface area contributed by atoms with E-state index < -0.39 is 0 Å². The molecule has 0 radical (unpaired) electrons. The molecule has 1 aromatic heterocycles. The lowest BCUT2D eigenvalue weighted by Crippen LogP contribution is -2.23. The Morgan fingerprint density at radius 1 is 1.14 bits per heavy atom. The van der Waals surface area contributed by atoms with Gasteiger partial charge in [0.05, 0.1) is 4.88 Å². The molecule has 0 unspecified atom stereocenters. The number of aryl methyl sites for hydroxylation is 2. The van der Waals surface area contributed by atoms with Crippen LogP contribution in [0.15, 0.2) is 30.5 Å². The monoisotopic (exact) mass is 224 g/mol. The van der Waals surface area contributed by atoms with E-state index in [2.05, 4.69) is 24.0 Å². The number of hydrogen-bond donors (Lipinski definition) is 0. The van der Waals surface area contributed by atoms with E-state index in [1.165, 1.54) is 10.4 Å². The molecule has 1 heterocycles. The van der Waals surface area contributed by atoms with Gasteiger partial charge in [-0.15, -0.1) is 3.96 Å². The van der Waals surface area contributed by atoms with Crippen LogP contribution in [0.2, 0.25) is 5.02 Å². The van der Waals surface area contributed by atoms with Gasteiger partial charge in [-0.2, -0.15) is 0 Å². The lowest BCUT2D eigenvalue weighted by Gasteiger charge is -1.89. The third-order valence-corrected chi connectivity index (χ3v) is 3.54. The van der Waals surface area contributed by atoms with Crippen LogP contribution < -0.4 is 3.96 Å². The topological polar surface area (TPSA) is 3.88 Å². The van der Waals surface area contributed by atoms with Gasteiger partial charge >= 0.3 is 0 Å². The summed E-state index contributed by atoms with van der Waals surface area (Å²) in [7, 11) is 0. The minimum atomic E-state index is 0.777. The van der Waals surface area contributed by atoms with Gasteiger partial charge in [-0.1, -0.05) is 11.6 Å². The van der Waals surface area contributed by atoms with Crippen molar-refractivity contribution in [3.63, 3.8) is 0 Å². The van der Waals surface area contributed by atoms with Crippen LogP contribution in [-0.2, 0) is 0 Å². The molecule has 14 heavy (non-hydrogen) atoms. The molecule has 0 N–H and O–H groups in total. The summed E-state index contributed by atoms with van der Waals surface area (Å²) in [5, 5.41) is 0.777. The highest BCUT2D eigenvalue weighted by Crippen LogP contribution is 2.14. The zero-order chi connectivity index (χ0) is 10.1. The molecule has 0 saturated heterocycles. The minimum Gasteiger partial charge on any atom is -0.102 e. The summed E-state index contributed by atoms with van der Waals surface area (Å²) in [4.78, 5) is 1.35. The Morgan fingerprint density at radius 2 is 1.79 bits per heavy atom. The minimum absolute atomic E-state index is 0.777. The number of aromatic nitrogens is 1. The molecular weight excluding hydrogens is 214 g/mol. The van der Waals surface area contributed by atoms with Crippen LogP contribution in [0.4, 0.5) is 0 Å². The first-order chi connectivity index (χ1) is 6.66. The fourth-order valence-electron chi connectivity index (χ4n) is 1.23. The smallest absolute Gasteiger partial charge is 0.102 e. The normalized spacial score (nSPS) is 10.5. The molecule has 2 aromatic rings. The summed E-state index contributed by atoms with van der Waals surface area (Å²) in [6.07, 6.45) is 2.14. The number of nitrogens with zero attached hydrogens (tertiary/aromatic N) is 1. The highest BCUT2D eigenvalue weighted by atomic mass is 35.5. The summed E-state index contributed by atoms with van der Waals surface area (Å²) in [5.74, 6) is 0. The number of rotatable bonds is 1. The summed E-state index contributed by atoms with van der Waals surface area (Å²) in [5.41, 5.74) is 2.49. The maximum Gasteiger partial charge on any atom is 0.225 e. The Balaban J connectivity index is 2.44. The molecule has 0 saturated carbocycles. The molecule has 1 aromatic carbocycles. The largest absolute Gasteiger partial charge is 0.225 e. The van der Waals surface area contributed by atoms with Gasteiger partial charge in [-0.25, -0.2) is 0 Å². The molecule has 0 aliphatic rings. The summed E-state index contributed by atoms with van der Waals surface area (Å²) >= 11 is 7.58. The van der Waals surface area contributed by atoms with Crippen molar-refractivity contribution in [3.05, 3.63) is 45.9 Å². The third kappa shape index (κ3) is 1.81. The maximum atomic E-state index is 5.83. The predicted octanol–water partition coefficient (Wildman–Crippen LogP) is 3.30. The van der Waals surface area contributed by atoms with Gasteiger partial charge < -0.3 is 0 Å². The Labute approximate surface area is 92.7 Å². The summed E-state index contributed by atoms with van der Waals surface area (Å²) < 4.78 is 2.15. The van der Waals surface area contributed by atoms with E-state index in [-0.39, 0.29) is 0 Å². The second-order valence-corrected chi connectivity index (χ2v) is 4.89. The van der Waals surface area contributed by atoms with Crippen molar-refractivity contribution in [2.75, 3.05) is 0 Å². The van der Waals surface area contributed by atoms with Crippen molar-refractivity contribution in [1.82, 2.24) is 0 Å². The first-order valence-electron chi connectivity index (χ1n) is 4.42. The summed E-state index contributed by atoms with van der Waals surface area (Å²) in [6.45, 7) is 4.25. The first kappa shape index (κ1) is 9.69. The van der Waals surface area contributed by atoms with Gasteiger partial charge in [0.25, 0.3) is 0 Å². The SMILES string of the molecule is Cc1c[n+](-c2ccc(Cl)cc2)sc1C. The fourth-order valence-corrected chi connectivity index (χ4v) is 2.28. The van der Waals surface area contributed by atoms with Crippen molar-refractivity contribution in [3.8, 4) is 5.69 Å². The standard InChI is InChI=1S/C11H11ClNS/c1-8-7-13(14-9(8)2)11-5-3-10(12)4-6-11/h3-7H,1-2H3/q+1. The van der Waals surface area contributed by atoms with Crippen LogP contribution in [0.1, 0.15) is 10.4 Å². The van der Waals surface area contributed by atoms with E-state index in [9.17, 15) is 0 Å². The van der Waals surface area contributed by atoms with Crippen LogP contribution in [0, 0.1) is 13.8 Å². The van der Waals surface area contributed by atoms with E-state index in [1.807, 2.05) is 24.3 Å². The van der Waals surface area contributed by atoms with Gasteiger partial charge in [-0.3, -0.25) is 0 Å². The molecular formula is C11H11ClNS+. The number of hydrogen-bond acceptors (Lipinski definition) is 1. The van der Waals surface area contributed by atoms with Gasteiger partial charge in [0.1, 0.15) is 11.5 Å². The Bertz CT molecular complexity index is 425. The molecule has 0 spiro atoms. The third-order valence-electron chi connectivity index (χ3n) is 2.18. The molecule has 0 aliphatic heterocycles. The van der Waals surface area contributed by atoms with E-state index in [1.54, 1.807) is 11.5 Å². The molecule has 0 fully saturated rings. The average Bonchev–Trinajstić information content (AvgIpc) is 2.48. The second-order valence-electron chi connectivity index (χ2n) is 3.26. The van der Waals surface area contributed by atoms with Crippen molar-refractivity contribution in [2.45, 2.75) is 13.8 Å². The lowest BCUT2D eigenvalue weighted by molar-refractivity contribution is -0.520. The van der Waals surface area contributed by atoms with Crippen LogP contribution in [0.25, 0.3) is 5.69 Å². The molecule has 0 atom stereocenters. The molecule has 0 aliphatic carbocycles. The molecule has 3 heteroatoms. The van der Waals surface area contributed by atoms with Crippen LogP contribution >= 0.6 is 23.1 Å². The molecule has 0 amide bonds. The predicted molar refractivity (Wildman–Crippen MR) is 60.3 cm³/mol. The van der Waals surface area contributed by atoms with Crippen molar-refractivity contribution in [2.24, 2.45) is 0 Å². The molecule has 0 bridgehead atoms. The van der Waals surface area contributed by atoms with Gasteiger partial charge in [-0.05, 0) is 26.0 Å². The summed E-state index contributed by atoms with van der Waals surface area (Å²) in [6, 6.07) is 7.87. The fraction of sp³-hybridized carbons (Fsp3) is 0.182. The first-order valence-corrected chi connectivity index (χ1v) is 5.57. The highest BCUT2D eigenvalue weighted by Gasteiger charge is 2.11. The van der Waals surface area contributed by atoms with E-state index in [0.717, 1.165) is 10.7 Å². The molecule has 72 valence electrons. The highest BCUT2D eigenvalue weighted by molar-refractivity contribution is 7.02. The Hall–Kier alpha value is -0.860. The number of halogens is 1. The van der Waals surface area contributed by atoms with Crippen LogP contribution in [-0.4, -0.2) is 0 Å². The van der Waals surface area contributed by atoms with Crippen molar-refractivity contribution < 1.29 is 3.96 Å². The average molecular weight is 225 g/mol. The van der Waals surface area contributed by atoms with Gasteiger partial charge in [0.2, 0.25) is 5.69 Å². The number of benzene rings is 1. The molecule has 2 rings (SSSR count). The van der Waals surface area contributed by atoms with E-state index in [4.69, 9.17) is 11.6 Å². The van der Waals surface area contributed by atoms with Gasteiger partial charge in [0.15, 0.2) is 6.20 Å². The van der Waals surface area contributed by atoms with Crippen LogP contribution in [0.5, 0.6) is 0 Å². The lowest BCUT2D eigenvalue weighted by atomic mass is 10.3. The van der Waals surface area contributed by atoms with Crippen molar-refractivity contribution >= 4 is 23.1 Å². The maximum absolute atomic E-state index is 5.83. The van der Waals surface area contributed by atoms with E-state index in [0.29, 0.717) is 0 Å². The Kier molecular flexibility index (Phi) is 2.57. The second kappa shape index (κ2) is 3.71. The van der Waals surface area contributed by atoms with Crippen LogP contribution in [0.3, 0.4) is 0 Å². The zero-order valence-corrected chi connectivity index (χ0v) is 9.69. The zero-order valence-electron chi connectivity index (χ0n) is 8.12. The van der Waals surface area contributed by atoms with Gasteiger partial charge in [0, 0.05) is 22.7 Å². The quantitative estimate of drug-likeness (QED) is 0.655. The Morgan fingerprint density at radius 3 is 2.29 bits per heavy atom. The van der Waals surface area contributed by atoms with E-state index >= 15 is 0 Å². The van der Waals surface area contributed by atoms with Crippen molar-refractivity contribution in [1.29, 1.82) is 0 Å². The molecule has 1 nitrogen and oxygen atoms in total.